The van der Waals surface area contributed by atoms with Gasteiger partial charge in [0.05, 0.1) is 0 Å². The summed E-state index contributed by atoms with van der Waals surface area (Å²) in [7, 11) is 0. The van der Waals surface area contributed by atoms with E-state index >= 15 is 0 Å². The summed E-state index contributed by atoms with van der Waals surface area (Å²) in [6.45, 7) is 9.27. The normalized spacial score (nSPS) is 13.3. The summed E-state index contributed by atoms with van der Waals surface area (Å²) in [6, 6.07) is 18.3. The highest BCUT2D eigenvalue weighted by Gasteiger charge is 2.15. The summed E-state index contributed by atoms with van der Waals surface area (Å²) in [5.41, 5.74) is 6.39. The third-order valence-corrected chi connectivity index (χ3v) is 7.13. The summed E-state index contributed by atoms with van der Waals surface area (Å²) in [6.07, 6.45) is 17.3. The van der Waals surface area contributed by atoms with Gasteiger partial charge in [-0.05, 0) is 72.6 Å². The van der Waals surface area contributed by atoms with Crippen molar-refractivity contribution < 1.29 is 0 Å². The fraction of sp³-hybridized carbons (Fsp3) is 0.613. The van der Waals surface area contributed by atoms with Crippen LogP contribution in [0.4, 0.5) is 0 Å². The molecule has 0 nitrogen and oxygen atoms in total. The lowest BCUT2D eigenvalue weighted by Crippen LogP contribution is -2.03. The van der Waals surface area contributed by atoms with Gasteiger partial charge in [0.25, 0.3) is 0 Å². The molecule has 2 unspecified atom stereocenters. The number of rotatable bonds is 16. The van der Waals surface area contributed by atoms with Gasteiger partial charge in [-0.1, -0.05) is 121 Å². The van der Waals surface area contributed by atoms with Crippen molar-refractivity contribution in [3.8, 4) is 0 Å². The van der Waals surface area contributed by atoms with Gasteiger partial charge in [0.15, 0.2) is 0 Å². The lowest BCUT2D eigenvalue weighted by molar-refractivity contribution is 0.488. The lowest BCUT2D eigenvalue weighted by Gasteiger charge is -2.20. The van der Waals surface area contributed by atoms with Gasteiger partial charge >= 0.3 is 0 Å². The molecule has 172 valence electrons. The molecule has 0 aliphatic heterocycles. The maximum Gasteiger partial charge on any atom is -0.0159 e. The number of unbranched alkanes of at least 4 members (excludes halogenated alkanes) is 4. The van der Waals surface area contributed by atoms with Crippen LogP contribution in [-0.2, 0) is 12.8 Å². The van der Waals surface area contributed by atoms with Gasteiger partial charge in [0.1, 0.15) is 0 Å². The van der Waals surface area contributed by atoms with E-state index in [1.165, 1.54) is 70.6 Å². The zero-order valence-electron chi connectivity index (χ0n) is 21.0. The highest BCUT2D eigenvalue weighted by molar-refractivity contribution is 5.31. The van der Waals surface area contributed by atoms with Crippen molar-refractivity contribution in [3.63, 3.8) is 0 Å². The molecule has 0 fully saturated rings. The SMILES string of the molecule is CCCC(CCCCCCCC(CCC)c1ccccc1CC)c1ccccc1CC. The Bertz CT molecular complexity index is 652. The minimum absolute atomic E-state index is 0.764. The van der Waals surface area contributed by atoms with E-state index in [1.54, 1.807) is 22.3 Å². The Labute approximate surface area is 193 Å². The van der Waals surface area contributed by atoms with Crippen LogP contribution in [0.5, 0.6) is 0 Å². The molecule has 2 aromatic carbocycles. The molecular formula is C31H48. The average molecular weight is 421 g/mol. The van der Waals surface area contributed by atoms with E-state index in [0.29, 0.717) is 0 Å². The number of aryl methyl sites for hydroxylation is 2. The van der Waals surface area contributed by atoms with Crippen molar-refractivity contribution in [1.82, 2.24) is 0 Å². The smallest absolute Gasteiger partial charge is 0.0159 e. The predicted molar refractivity (Wildman–Crippen MR) is 139 cm³/mol. The summed E-state index contributed by atoms with van der Waals surface area (Å²) < 4.78 is 0. The number of hydrogen-bond donors (Lipinski definition) is 0. The Morgan fingerprint density at radius 1 is 0.484 bits per heavy atom. The second-order valence-corrected chi connectivity index (χ2v) is 9.42. The molecular weight excluding hydrogens is 372 g/mol. The molecule has 0 spiro atoms. The summed E-state index contributed by atoms with van der Waals surface area (Å²) in [5.74, 6) is 1.53. The molecule has 0 amide bonds. The summed E-state index contributed by atoms with van der Waals surface area (Å²) >= 11 is 0. The molecule has 0 aliphatic rings. The first-order chi connectivity index (χ1) is 15.2. The topological polar surface area (TPSA) is 0 Å². The highest BCUT2D eigenvalue weighted by Crippen LogP contribution is 2.32. The molecule has 2 rings (SSSR count). The molecule has 0 saturated heterocycles. The number of benzene rings is 2. The van der Waals surface area contributed by atoms with E-state index in [1.807, 2.05) is 0 Å². The van der Waals surface area contributed by atoms with Crippen LogP contribution >= 0.6 is 0 Å². The molecule has 2 aromatic rings. The van der Waals surface area contributed by atoms with Crippen LogP contribution in [0.2, 0.25) is 0 Å². The number of hydrogen-bond acceptors (Lipinski definition) is 0. The van der Waals surface area contributed by atoms with Crippen LogP contribution in [0.25, 0.3) is 0 Å². The van der Waals surface area contributed by atoms with Crippen LogP contribution in [-0.4, -0.2) is 0 Å². The zero-order valence-corrected chi connectivity index (χ0v) is 21.0. The molecule has 0 heteroatoms. The van der Waals surface area contributed by atoms with E-state index in [0.717, 1.165) is 24.7 Å². The first-order valence-electron chi connectivity index (χ1n) is 13.4. The molecule has 0 N–H and O–H groups in total. The second-order valence-electron chi connectivity index (χ2n) is 9.42. The van der Waals surface area contributed by atoms with Crippen molar-refractivity contribution in [1.29, 1.82) is 0 Å². The van der Waals surface area contributed by atoms with Crippen molar-refractivity contribution in [2.24, 2.45) is 0 Å². The Morgan fingerprint density at radius 3 is 1.26 bits per heavy atom. The molecule has 0 bridgehead atoms. The van der Waals surface area contributed by atoms with Gasteiger partial charge in [0.2, 0.25) is 0 Å². The summed E-state index contributed by atoms with van der Waals surface area (Å²) in [5, 5.41) is 0. The Kier molecular flexibility index (Phi) is 12.7. The fourth-order valence-electron chi connectivity index (χ4n) is 5.43. The van der Waals surface area contributed by atoms with Gasteiger partial charge in [-0.15, -0.1) is 0 Å². The van der Waals surface area contributed by atoms with Crippen LogP contribution in [0.15, 0.2) is 48.5 Å². The van der Waals surface area contributed by atoms with Crippen LogP contribution in [0.1, 0.15) is 132 Å². The summed E-state index contributed by atoms with van der Waals surface area (Å²) in [4.78, 5) is 0. The van der Waals surface area contributed by atoms with Crippen molar-refractivity contribution in [3.05, 3.63) is 70.8 Å². The quantitative estimate of drug-likeness (QED) is 0.237. The van der Waals surface area contributed by atoms with E-state index in [2.05, 4.69) is 76.2 Å². The monoisotopic (exact) mass is 420 g/mol. The van der Waals surface area contributed by atoms with E-state index in [4.69, 9.17) is 0 Å². The zero-order chi connectivity index (χ0) is 22.3. The second kappa shape index (κ2) is 15.3. The maximum absolute atomic E-state index is 2.39. The van der Waals surface area contributed by atoms with Crippen molar-refractivity contribution in [2.45, 2.75) is 123 Å². The Hall–Kier alpha value is -1.56. The third kappa shape index (κ3) is 8.47. The van der Waals surface area contributed by atoms with Gasteiger partial charge in [-0.25, -0.2) is 0 Å². The molecule has 31 heavy (non-hydrogen) atoms. The van der Waals surface area contributed by atoms with Crippen LogP contribution in [0, 0.1) is 0 Å². The maximum atomic E-state index is 2.39. The van der Waals surface area contributed by atoms with E-state index in [9.17, 15) is 0 Å². The molecule has 0 saturated carbocycles. The van der Waals surface area contributed by atoms with Crippen molar-refractivity contribution in [2.75, 3.05) is 0 Å². The Balaban J connectivity index is 1.75. The lowest BCUT2D eigenvalue weighted by atomic mass is 9.85. The molecule has 0 radical (unpaired) electrons. The van der Waals surface area contributed by atoms with E-state index < -0.39 is 0 Å². The molecule has 2 atom stereocenters. The average Bonchev–Trinajstić information content (AvgIpc) is 2.82. The molecule has 0 heterocycles. The minimum Gasteiger partial charge on any atom is -0.0654 e. The van der Waals surface area contributed by atoms with Gasteiger partial charge in [-0.2, -0.15) is 0 Å². The van der Waals surface area contributed by atoms with Crippen LogP contribution < -0.4 is 0 Å². The first kappa shape index (κ1) is 25.7. The standard InChI is InChI=1S/C31H48/c1-5-18-28(30-24-16-14-20-26(30)7-3)22-12-10-9-11-13-23-29(19-6-2)31-25-17-15-21-27(31)8-4/h14-17,20-21,24-25,28-29H,5-13,18-19,22-23H2,1-4H3. The van der Waals surface area contributed by atoms with Crippen LogP contribution in [0.3, 0.4) is 0 Å². The third-order valence-electron chi connectivity index (χ3n) is 7.13. The predicted octanol–water partition coefficient (Wildman–Crippen LogP) is 10.0. The van der Waals surface area contributed by atoms with E-state index in [-0.39, 0.29) is 0 Å². The molecule has 0 aromatic heterocycles. The van der Waals surface area contributed by atoms with Gasteiger partial charge < -0.3 is 0 Å². The Morgan fingerprint density at radius 2 is 0.871 bits per heavy atom. The fourth-order valence-corrected chi connectivity index (χ4v) is 5.43. The first-order valence-corrected chi connectivity index (χ1v) is 13.4. The minimum atomic E-state index is 0.764. The van der Waals surface area contributed by atoms with Gasteiger partial charge in [0, 0.05) is 0 Å². The highest BCUT2D eigenvalue weighted by atomic mass is 14.2. The van der Waals surface area contributed by atoms with Gasteiger partial charge in [-0.3, -0.25) is 0 Å². The largest absolute Gasteiger partial charge is 0.0654 e. The molecule has 0 aliphatic carbocycles. The van der Waals surface area contributed by atoms with Crippen molar-refractivity contribution >= 4 is 0 Å².